The van der Waals surface area contributed by atoms with Crippen LogP contribution < -0.4 is 0 Å². The van der Waals surface area contributed by atoms with Crippen molar-refractivity contribution in [3.8, 4) is 5.75 Å². The predicted molar refractivity (Wildman–Crippen MR) is 118 cm³/mol. The summed E-state index contributed by atoms with van der Waals surface area (Å²) in [7, 11) is 0. The van der Waals surface area contributed by atoms with E-state index in [0.29, 0.717) is 5.56 Å². The molecular weight excluding hydrogens is 464 g/mol. The number of phenolic OH excluding ortho intramolecular Hbond substituents is 1. The smallest absolute Gasteiger partial charge is 0.330 e. The minimum atomic E-state index is -1.68. The third-order valence-corrected chi connectivity index (χ3v) is 6.27. The Bertz CT molecular complexity index is 972. The number of fused-ring (bicyclic) bond motifs is 1. The fraction of sp³-hybridized carbons (Fsp3) is 0.458. The molecule has 1 saturated heterocycles. The molecule has 190 valence electrons. The van der Waals surface area contributed by atoms with E-state index < -0.39 is 67.7 Å². The maximum Gasteiger partial charge on any atom is 0.330 e. The highest BCUT2D eigenvalue weighted by molar-refractivity contribution is 5.87. The molecule has 2 aliphatic heterocycles. The summed E-state index contributed by atoms with van der Waals surface area (Å²) in [5.74, 6) is -1.76. The van der Waals surface area contributed by atoms with Crippen LogP contribution in [0, 0.1) is 11.8 Å². The second kappa shape index (κ2) is 10.5. The first kappa shape index (κ1) is 25.3. The normalized spacial score (nSPS) is 38.3. The summed E-state index contributed by atoms with van der Waals surface area (Å²) in [5, 5.41) is 60.2. The van der Waals surface area contributed by atoms with Crippen molar-refractivity contribution >= 4 is 12.0 Å². The van der Waals surface area contributed by atoms with Gasteiger partial charge in [0, 0.05) is 12.0 Å². The molecule has 0 unspecified atom stereocenters. The number of allylic oxidation sites excluding steroid dienone is 2. The van der Waals surface area contributed by atoms with Gasteiger partial charge in [-0.1, -0.05) is 24.3 Å². The minimum absolute atomic E-state index is 0.0961. The number of hydrogen-bond donors (Lipinski definition) is 6. The number of aliphatic hydroxyl groups is 5. The second-order valence-electron chi connectivity index (χ2n) is 8.65. The average Bonchev–Trinajstić information content (AvgIpc) is 3.20. The molecule has 4 rings (SSSR count). The van der Waals surface area contributed by atoms with Crippen LogP contribution in [0.1, 0.15) is 5.56 Å². The number of benzene rings is 1. The van der Waals surface area contributed by atoms with Crippen molar-refractivity contribution in [2.75, 3.05) is 13.2 Å². The van der Waals surface area contributed by atoms with Gasteiger partial charge in [-0.25, -0.2) is 4.79 Å². The van der Waals surface area contributed by atoms with Crippen molar-refractivity contribution in [2.24, 2.45) is 11.8 Å². The first-order valence-electron chi connectivity index (χ1n) is 11.1. The Morgan fingerprint density at radius 1 is 1.06 bits per heavy atom. The number of aromatic hydroxyl groups is 1. The summed E-state index contributed by atoms with van der Waals surface area (Å²) >= 11 is 0. The maximum atomic E-state index is 12.2. The van der Waals surface area contributed by atoms with Crippen molar-refractivity contribution < 1.29 is 54.4 Å². The predicted octanol–water partition coefficient (Wildman–Crippen LogP) is -0.832. The van der Waals surface area contributed by atoms with E-state index >= 15 is 0 Å². The molecule has 1 aliphatic carbocycles. The number of aliphatic hydroxyl groups excluding tert-OH is 4. The minimum Gasteiger partial charge on any atom is -0.508 e. The van der Waals surface area contributed by atoms with Crippen LogP contribution in [-0.4, -0.2) is 92.4 Å². The Hall–Kier alpha value is -2.77. The van der Waals surface area contributed by atoms with E-state index in [4.69, 9.17) is 18.9 Å². The lowest BCUT2D eigenvalue weighted by Crippen LogP contribution is -2.61. The second-order valence-corrected chi connectivity index (χ2v) is 8.65. The maximum absolute atomic E-state index is 12.2. The number of carbonyl (C=O) groups is 1. The van der Waals surface area contributed by atoms with Gasteiger partial charge in [0.2, 0.25) is 6.29 Å². The van der Waals surface area contributed by atoms with E-state index in [1.54, 1.807) is 24.3 Å². The van der Waals surface area contributed by atoms with Crippen molar-refractivity contribution in [1.82, 2.24) is 0 Å². The monoisotopic (exact) mass is 492 g/mol. The van der Waals surface area contributed by atoms with E-state index in [1.165, 1.54) is 36.6 Å². The van der Waals surface area contributed by atoms with Crippen LogP contribution >= 0.6 is 0 Å². The summed E-state index contributed by atoms with van der Waals surface area (Å²) in [6, 6.07) is 6.18. The van der Waals surface area contributed by atoms with E-state index in [-0.39, 0.29) is 11.7 Å². The zero-order chi connectivity index (χ0) is 25.2. The lowest BCUT2D eigenvalue weighted by atomic mass is 9.83. The molecule has 0 radical (unpaired) electrons. The molecule has 3 aliphatic rings. The van der Waals surface area contributed by atoms with Gasteiger partial charge in [-0.15, -0.1) is 0 Å². The quantitative estimate of drug-likeness (QED) is 0.159. The van der Waals surface area contributed by atoms with Gasteiger partial charge in [-0.2, -0.15) is 0 Å². The summed E-state index contributed by atoms with van der Waals surface area (Å²) in [5.41, 5.74) is -1.02. The third-order valence-electron chi connectivity index (χ3n) is 6.27. The molecule has 0 saturated carbocycles. The van der Waals surface area contributed by atoms with Gasteiger partial charge in [0.25, 0.3) is 0 Å². The molecule has 0 amide bonds. The number of carbonyl (C=O) groups excluding carboxylic acids is 1. The fourth-order valence-electron chi connectivity index (χ4n) is 4.30. The molecule has 9 atom stereocenters. The lowest BCUT2D eigenvalue weighted by Gasteiger charge is -2.44. The highest BCUT2D eigenvalue weighted by Crippen LogP contribution is 2.42. The Morgan fingerprint density at radius 3 is 2.51 bits per heavy atom. The van der Waals surface area contributed by atoms with Crippen LogP contribution in [-0.2, 0) is 23.7 Å². The largest absolute Gasteiger partial charge is 0.508 e. The molecule has 6 N–H and O–H groups in total. The molecule has 1 aromatic carbocycles. The van der Waals surface area contributed by atoms with E-state index in [1.807, 2.05) is 0 Å². The van der Waals surface area contributed by atoms with Gasteiger partial charge < -0.3 is 49.6 Å². The van der Waals surface area contributed by atoms with Gasteiger partial charge in [-0.3, -0.25) is 0 Å². The Kier molecular flexibility index (Phi) is 7.57. The number of hydrogen-bond acceptors (Lipinski definition) is 11. The van der Waals surface area contributed by atoms with Crippen LogP contribution in [0.5, 0.6) is 5.75 Å². The SMILES string of the molecule is O=C(C=Cc1ccc(O)cc1)OC[C@@]1(O)C=C[C@@H]2C=CO[C@@H](O[C@@H]3O[C@H](CO)[C@@H](O)[C@H](O)[C@H]3O)[C@@H]21. The van der Waals surface area contributed by atoms with E-state index in [0.717, 1.165) is 0 Å². The van der Waals surface area contributed by atoms with Crippen LogP contribution in [0.4, 0.5) is 0 Å². The number of esters is 1. The highest BCUT2D eigenvalue weighted by Gasteiger charge is 2.53. The van der Waals surface area contributed by atoms with E-state index in [9.17, 15) is 35.4 Å². The Morgan fingerprint density at radius 2 is 1.80 bits per heavy atom. The molecule has 0 bridgehead atoms. The molecule has 0 aromatic heterocycles. The lowest BCUT2D eigenvalue weighted by molar-refractivity contribution is -0.346. The van der Waals surface area contributed by atoms with Crippen molar-refractivity contribution in [3.05, 3.63) is 60.4 Å². The van der Waals surface area contributed by atoms with Crippen molar-refractivity contribution in [3.63, 3.8) is 0 Å². The summed E-state index contributed by atoms with van der Waals surface area (Å²) in [6.07, 6.45) is 0.243. The topological polar surface area (TPSA) is 175 Å². The summed E-state index contributed by atoms with van der Waals surface area (Å²) in [6.45, 7) is -1.05. The molecule has 35 heavy (non-hydrogen) atoms. The molecule has 2 heterocycles. The molecule has 1 fully saturated rings. The number of phenols is 1. The first-order chi connectivity index (χ1) is 16.7. The Balaban J connectivity index is 1.41. The summed E-state index contributed by atoms with van der Waals surface area (Å²) < 4.78 is 21.9. The number of ether oxygens (including phenoxy) is 4. The van der Waals surface area contributed by atoms with Crippen LogP contribution in [0.2, 0.25) is 0 Å². The third kappa shape index (κ3) is 5.41. The molecule has 11 nitrogen and oxygen atoms in total. The van der Waals surface area contributed by atoms with Crippen molar-refractivity contribution in [1.29, 1.82) is 0 Å². The van der Waals surface area contributed by atoms with Gasteiger partial charge in [0.15, 0.2) is 6.29 Å². The van der Waals surface area contributed by atoms with Crippen LogP contribution in [0.3, 0.4) is 0 Å². The standard InChI is InChI=1S/C24H28O11/c25-11-16-19(28)20(29)21(30)23(34-16)35-22-18-14(8-10-32-22)7-9-24(18,31)12-33-17(27)6-3-13-1-4-15(26)5-2-13/h1-10,14,16,18-23,25-26,28-31H,11-12H2/t14-,16-,18-,19-,20+,21-,22+,23+,24+/m1/s1. The molecule has 11 heteroatoms. The Labute approximate surface area is 200 Å². The first-order valence-corrected chi connectivity index (χ1v) is 11.1. The van der Waals surface area contributed by atoms with Crippen LogP contribution in [0.15, 0.2) is 54.8 Å². The fourth-order valence-corrected chi connectivity index (χ4v) is 4.30. The summed E-state index contributed by atoms with van der Waals surface area (Å²) in [4.78, 5) is 12.2. The number of rotatable bonds is 7. The van der Waals surface area contributed by atoms with Gasteiger partial charge in [0.05, 0.1) is 18.8 Å². The molecule has 1 aromatic rings. The zero-order valence-electron chi connectivity index (χ0n) is 18.5. The van der Waals surface area contributed by atoms with Gasteiger partial charge in [-0.05, 0) is 29.8 Å². The van der Waals surface area contributed by atoms with Gasteiger partial charge >= 0.3 is 5.97 Å². The van der Waals surface area contributed by atoms with Crippen LogP contribution in [0.25, 0.3) is 6.08 Å². The molecular formula is C24H28O11. The van der Waals surface area contributed by atoms with E-state index in [2.05, 4.69) is 0 Å². The average molecular weight is 492 g/mol. The highest BCUT2D eigenvalue weighted by atomic mass is 16.8. The van der Waals surface area contributed by atoms with Crippen molar-refractivity contribution in [2.45, 2.75) is 42.6 Å². The zero-order valence-corrected chi connectivity index (χ0v) is 18.5. The molecule has 0 spiro atoms. The van der Waals surface area contributed by atoms with Gasteiger partial charge in [0.1, 0.15) is 42.4 Å².